The highest BCUT2D eigenvalue weighted by molar-refractivity contribution is 7.89. The SMILES string of the molecule is CCCCCCc1nc(C)c2c(=O)[nH]c(-c3cc(S(=O)(=O)N4CCN(c5ncccn5)CC4)ccc3OCC)nn12. The highest BCUT2D eigenvalue weighted by Crippen LogP contribution is 2.32. The van der Waals surface area contributed by atoms with Gasteiger partial charge in [0, 0.05) is 45.0 Å². The van der Waals surface area contributed by atoms with E-state index in [4.69, 9.17) is 9.84 Å². The van der Waals surface area contributed by atoms with Gasteiger partial charge in [-0.15, -0.1) is 5.10 Å². The van der Waals surface area contributed by atoms with E-state index >= 15 is 0 Å². The van der Waals surface area contributed by atoms with E-state index in [0.29, 0.717) is 73.5 Å². The fraction of sp³-hybridized carbons (Fsp3) is 0.464. The molecule has 218 valence electrons. The normalized spacial score (nSPS) is 14.6. The van der Waals surface area contributed by atoms with Gasteiger partial charge in [-0.3, -0.25) is 4.79 Å². The first-order valence-corrected chi connectivity index (χ1v) is 15.5. The summed E-state index contributed by atoms with van der Waals surface area (Å²) in [6.07, 6.45) is 8.30. The minimum absolute atomic E-state index is 0.102. The maximum Gasteiger partial charge on any atom is 0.277 e. The van der Waals surface area contributed by atoms with Crippen LogP contribution in [0.15, 0.2) is 46.3 Å². The summed E-state index contributed by atoms with van der Waals surface area (Å²) in [5.74, 6) is 1.95. The van der Waals surface area contributed by atoms with E-state index in [-0.39, 0.29) is 16.3 Å². The molecule has 0 spiro atoms. The fourth-order valence-corrected chi connectivity index (χ4v) is 6.55. The van der Waals surface area contributed by atoms with E-state index in [1.54, 1.807) is 36.0 Å². The van der Waals surface area contributed by atoms with Crippen molar-refractivity contribution in [2.24, 2.45) is 0 Å². The summed E-state index contributed by atoms with van der Waals surface area (Å²) in [5, 5.41) is 4.74. The number of H-pyrrole nitrogens is 1. The largest absolute Gasteiger partial charge is 0.493 e. The number of benzene rings is 1. The lowest BCUT2D eigenvalue weighted by Gasteiger charge is -2.34. The fourth-order valence-electron chi connectivity index (χ4n) is 5.10. The van der Waals surface area contributed by atoms with Crippen LogP contribution in [0.5, 0.6) is 5.75 Å². The van der Waals surface area contributed by atoms with Crippen LogP contribution in [-0.2, 0) is 16.4 Å². The van der Waals surface area contributed by atoms with Gasteiger partial charge in [0.2, 0.25) is 16.0 Å². The van der Waals surface area contributed by atoms with Crippen molar-refractivity contribution in [1.82, 2.24) is 33.9 Å². The number of unbranched alkanes of at least 4 members (excludes halogenated alkanes) is 3. The molecule has 0 aliphatic carbocycles. The number of nitrogens with one attached hydrogen (secondary N) is 1. The van der Waals surface area contributed by atoms with Gasteiger partial charge < -0.3 is 14.6 Å². The number of fused-ring (bicyclic) bond motifs is 1. The lowest BCUT2D eigenvalue weighted by atomic mass is 10.1. The molecule has 1 saturated heterocycles. The molecule has 12 nitrogen and oxygen atoms in total. The van der Waals surface area contributed by atoms with Crippen LogP contribution in [0.1, 0.15) is 51.0 Å². The topological polar surface area (TPSA) is 139 Å². The van der Waals surface area contributed by atoms with Crippen molar-refractivity contribution < 1.29 is 13.2 Å². The minimum Gasteiger partial charge on any atom is -0.493 e. The second kappa shape index (κ2) is 12.4. The van der Waals surface area contributed by atoms with Crippen molar-refractivity contribution in [3.8, 4) is 17.1 Å². The molecule has 1 aliphatic rings. The van der Waals surface area contributed by atoms with Crippen LogP contribution in [0.25, 0.3) is 16.9 Å². The Kier molecular flexibility index (Phi) is 8.64. The van der Waals surface area contributed by atoms with Crippen molar-refractivity contribution in [2.75, 3.05) is 37.7 Å². The molecule has 1 aromatic carbocycles. The number of aromatic amines is 1. The smallest absolute Gasteiger partial charge is 0.277 e. The zero-order chi connectivity index (χ0) is 29.0. The average Bonchev–Trinajstić information content (AvgIpc) is 3.31. The molecular weight excluding hydrogens is 544 g/mol. The first-order chi connectivity index (χ1) is 19.8. The molecule has 1 N–H and O–H groups in total. The Morgan fingerprint density at radius 3 is 2.49 bits per heavy atom. The van der Waals surface area contributed by atoms with Gasteiger partial charge in [-0.25, -0.2) is 27.9 Å². The van der Waals surface area contributed by atoms with E-state index in [1.807, 2.05) is 11.8 Å². The predicted molar refractivity (Wildman–Crippen MR) is 156 cm³/mol. The molecule has 4 heterocycles. The highest BCUT2D eigenvalue weighted by Gasteiger charge is 2.30. The molecule has 1 aliphatic heterocycles. The van der Waals surface area contributed by atoms with E-state index < -0.39 is 10.0 Å². The maximum absolute atomic E-state index is 13.7. The zero-order valence-electron chi connectivity index (χ0n) is 23.7. The molecular formula is C28H36N8O4S. The van der Waals surface area contributed by atoms with Gasteiger partial charge >= 0.3 is 0 Å². The van der Waals surface area contributed by atoms with Crippen molar-refractivity contribution >= 4 is 21.5 Å². The number of nitrogens with zero attached hydrogens (tertiary/aromatic N) is 7. The molecule has 3 aromatic heterocycles. The molecule has 13 heteroatoms. The maximum atomic E-state index is 13.7. The molecule has 0 unspecified atom stereocenters. The number of hydrogen-bond donors (Lipinski definition) is 1. The zero-order valence-corrected chi connectivity index (χ0v) is 24.5. The Bertz CT molecular complexity index is 1660. The van der Waals surface area contributed by atoms with Crippen LogP contribution < -0.4 is 15.2 Å². The van der Waals surface area contributed by atoms with Gasteiger partial charge in [0.05, 0.1) is 22.8 Å². The third kappa shape index (κ3) is 5.96. The molecule has 0 amide bonds. The van der Waals surface area contributed by atoms with Crippen molar-refractivity contribution in [3.63, 3.8) is 0 Å². The molecule has 0 radical (unpaired) electrons. The van der Waals surface area contributed by atoms with E-state index in [2.05, 4.69) is 26.9 Å². The second-order valence-electron chi connectivity index (χ2n) is 10.0. The number of rotatable bonds is 11. The summed E-state index contributed by atoms with van der Waals surface area (Å²) in [7, 11) is -3.83. The molecule has 4 aromatic rings. The van der Waals surface area contributed by atoms with Crippen LogP contribution >= 0.6 is 0 Å². The summed E-state index contributed by atoms with van der Waals surface area (Å²) < 4.78 is 36.3. The van der Waals surface area contributed by atoms with Crippen LogP contribution in [0.2, 0.25) is 0 Å². The van der Waals surface area contributed by atoms with Crippen molar-refractivity contribution in [3.05, 3.63) is 58.5 Å². The predicted octanol–water partition coefficient (Wildman–Crippen LogP) is 3.22. The summed E-state index contributed by atoms with van der Waals surface area (Å²) >= 11 is 0. The molecule has 41 heavy (non-hydrogen) atoms. The number of ether oxygens (including phenoxy) is 1. The molecule has 0 atom stereocenters. The van der Waals surface area contributed by atoms with Crippen LogP contribution in [0.3, 0.4) is 0 Å². The first kappa shape index (κ1) is 28.7. The van der Waals surface area contributed by atoms with E-state index in [1.165, 1.54) is 16.4 Å². The standard InChI is InChI=1S/C28H36N8O4S/c1-4-6-7-8-10-24-31-20(3)25-27(37)32-26(33-36(24)25)22-19-21(11-12-23(22)40-5-2)41(38,39)35-17-15-34(16-18-35)28-29-13-9-14-30-28/h9,11-14,19H,4-8,10,15-18H2,1-3H3,(H,32,33,37). The third-order valence-corrected chi connectivity index (χ3v) is 9.11. The Morgan fingerprint density at radius 1 is 1.02 bits per heavy atom. The molecule has 0 saturated carbocycles. The number of imidazole rings is 1. The van der Waals surface area contributed by atoms with Gasteiger partial charge in [0.1, 0.15) is 11.6 Å². The number of sulfonamides is 1. The summed E-state index contributed by atoms with van der Waals surface area (Å²) in [6.45, 7) is 7.69. The van der Waals surface area contributed by atoms with E-state index in [0.717, 1.165) is 25.7 Å². The second-order valence-corrected chi connectivity index (χ2v) is 12.0. The molecule has 0 bridgehead atoms. The first-order valence-electron chi connectivity index (χ1n) is 14.1. The van der Waals surface area contributed by atoms with Gasteiger partial charge in [-0.05, 0) is 44.5 Å². The summed E-state index contributed by atoms with van der Waals surface area (Å²) in [4.78, 5) is 31.3. The van der Waals surface area contributed by atoms with Crippen LogP contribution in [0, 0.1) is 6.92 Å². The number of hydrogen-bond acceptors (Lipinski definition) is 9. The number of aromatic nitrogens is 6. The summed E-state index contributed by atoms with van der Waals surface area (Å²) in [5.41, 5.74) is 1.06. The number of aryl methyl sites for hydroxylation is 2. The van der Waals surface area contributed by atoms with Crippen molar-refractivity contribution in [2.45, 2.75) is 57.8 Å². The minimum atomic E-state index is -3.83. The lowest BCUT2D eigenvalue weighted by Crippen LogP contribution is -2.49. The Balaban J connectivity index is 1.47. The van der Waals surface area contributed by atoms with Crippen molar-refractivity contribution in [1.29, 1.82) is 0 Å². The average molecular weight is 581 g/mol. The lowest BCUT2D eigenvalue weighted by molar-refractivity contribution is 0.341. The monoisotopic (exact) mass is 580 g/mol. The van der Waals surface area contributed by atoms with E-state index in [9.17, 15) is 13.2 Å². The third-order valence-electron chi connectivity index (χ3n) is 7.21. The molecule has 1 fully saturated rings. The quantitative estimate of drug-likeness (QED) is 0.265. The summed E-state index contributed by atoms with van der Waals surface area (Å²) in [6, 6.07) is 6.43. The van der Waals surface area contributed by atoms with Crippen LogP contribution in [0.4, 0.5) is 5.95 Å². The van der Waals surface area contributed by atoms with Gasteiger partial charge in [-0.2, -0.15) is 4.31 Å². The number of piperazine rings is 1. The van der Waals surface area contributed by atoms with Crippen LogP contribution in [-0.4, -0.2) is 75.1 Å². The Labute approximate surface area is 239 Å². The van der Waals surface area contributed by atoms with Gasteiger partial charge in [0.25, 0.3) is 5.56 Å². The van der Waals surface area contributed by atoms with Gasteiger partial charge in [-0.1, -0.05) is 26.2 Å². The molecule has 5 rings (SSSR count). The Morgan fingerprint density at radius 2 is 1.78 bits per heavy atom. The number of anilines is 1. The highest BCUT2D eigenvalue weighted by atomic mass is 32.2. The van der Waals surface area contributed by atoms with Gasteiger partial charge in [0.15, 0.2) is 11.3 Å². The Hall–Kier alpha value is -3.84.